The Hall–Kier alpha value is -1.48. The summed E-state index contributed by atoms with van der Waals surface area (Å²) in [5.41, 5.74) is 7.25. The van der Waals surface area contributed by atoms with Crippen LogP contribution in [0.15, 0.2) is 36.9 Å². The molecule has 4 heteroatoms. The number of likely N-dealkylation sites (N-methyl/N-ethyl adjacent to an activating group) is 1. The highest BCUT2D eigenvalue weighted by atomic mass is 35.5. The number of carbonyl (C=O) groups is 1. The smallest absolute Gasteiger partial charge is 0.227 e. The van der Waals surface area contributed by atoms with Crippen molar-refractivity contribution in [1.82, 2.24) is 4.90 Å². The van der Waals surface area contributed by atoms with Crippen molar-refractivity contribution >= 4 is 24.0 Å². The second-order valence-electron chi connectivity index (χ2n) is 3.48. The fourth-order valence-electron chi connectivity index (χ4n) is 1.24. The lowest BCUT2D eigenvalue weighted by Crippen LogP contribution is -2.28. The maximum Gasteiger partial charge on any atom is 0.227 e. The van der Waals surface area contributed by atoms with Crippen molar-refractivity contribution in [2.45, 2.75) is 6.42 Å². The Morgan fingerprint density at radius 2 is 2.00 bits per heavy atom. The molecule has 0 spiro atoms. The Labute approximate surface area is 102 Å². The molecule has 1 aromatic carbocycles. The van der Waals surface area contributed by atoms with Gasteiger partial charge in [-0.15, -0.1) is 19.0 Å². The zero-order valence-electron chi connectivity index (χ0n) is 9.35. The number of halogens is 1. The van der Waals surface area contributed by atoms with Crippen LogP contribution in [0, 0.1) is 0 Å². The quantitative estimate of drug-likeness (QED) is 0.645. The topological polar surface area (TPSA) is 46.3 Å². The van der Waals surface area contributed by atoms with Gasteiger partial charge < -0.3 is 10.6 Å². The predicted molar refractivity (Wildman–Crippen MR) is 69.6 cm³/mol. The van der Waals surface area contributed by atoms with E-state index >= 15 is 0 Å². The third-order valence-electron chi connectivity index (χ3n) is 2.16. The molecule has 1 rings (SSSR count). The number of nitrogens with zero attached hydrogens (tertiary/aromatic N) is 1. The maximum absolute atomic E-state index is 11.6. The van der Waals surface area contributed by atoms with Crippen LogP contribution in [0.2, 0.25) is 0 Å². The molecule has 0 aliphatic heterocycles. The van der Waals surface area contributed by atoms with Crippen molar-refractivity contribution in [1.29, 1.82) is 0 Å². The van der Waals surface area contributed by atoms with E-state index in [1.54, 1.807) is 30.2 Å². The third kappa shape index (κ3) is 4.36. The van der Waals surface area contributed by atoms with E-state index in [1.807, 2.05) is 12.1 Å². The first-order valence-electron chi connectivity index (χ1n) is 4.82. The SMILES string of the molecule is C=CCN(C)C(=O)Cc1ccc(N)cc1.Cl. The largest absolute Gasteiger partial charge is 0.399 e. The van der Waals surface area contributed by atoms with Gasteiger partial charge in [0.15, 0.2) is 0 Å². The molecular weight excluding hydrogens is 224 g/mol. The number of benzene rings is 1. The van der Waals surface area contributed by atoms with Crippen LogP contribution in [0.5, 0.6) is 0 Å². The minimum Gasteiger partial charge on any atom is -0.399 e. The van der Waals surface area contributed by atoms with Crippen molar-refractivity contribution in [2.75, 3.05) is 19.3 Å². The van der Waals surface area contributed by atoms with Gasteiger partial charge in [0.25, 0.3) is 0 Å². The molecule has 0 saturated heterocycles. The fourth-order valence-corrected chi connectivity index (χ4v) is 1.24. The molecule has 88 valence electrons. The van der Waals surface area contributed by atoms with Crippen LogP contribution in [-0.2, 0) is 11.2 Å². The summed E-state index contributed by atoms with van der Waals surface area (Å²) in [5.74, 6) is 0.0830. The first-order chi connectivity index (χ1) is 7.13. The maximum atomic E-state index is 11.6. The van der Waals surface area contributed by atoms with Gasteiger partial charge in [-0.2, -0.15) is 0 Å². The highest BCUT2D eigenvalue weighted by Crippen LogP contribution is 2.07. The lowest BCUT2D eigenvalue weighted by atomic mass is 10.1. The third-order valence-corrected chi connectivity index (χ3v) is 2.16. The van der Waals surface area contributed by atoms with Crippen LogP contribution < -0.4 is 5.73 Å². The van der Waals surface area contributed by atoms with E-state index in [-0.39, 0.29) is 18.3 Å². The van der Waals surface area contributed by atoms with Crippen LogP contribution in [0.4, 0.5) is 5.69 Å². The molecule has 0 atom stereocenters. The Balaban J connectivity index is 0.00000225. The molecule has 0 heterocycles. The minimum absolute atomic E-state index is 0. The summed E-state index contributed by atoms with van der Waals surface area (Å²) in [6.45, 7) is 4.17. The Kier molecular flexibility index (Phi) is 6.27. The predicted octanol–water partition coefficient (Wildman–Crippen LogP) is 1.88. The number of rotatable bonds is 4. The van der Waals surface area contributed by atoms with Crippen molar-refractivity contribution in [3.8, 4) is 0 Å². The van der Waals surface area contributed by atoms with Crippen LogP contribution in [0.25, 0.3) is 0 Å². The number of nitrogens with two attached hydrogens (primary N) is 1. The van der Waals surface area contributed by atoms with Crippen molar-refractivity contribution in [2.24, 2.45) is 0 Å². The highest BCUT2D eigenvalue weighted by molar-refractivity contribution is 5.85. The van der Waals surface area contributed by atoms with Gasteiger partial charge >= 0.3 is 0 Å². The van der Waals surface area contributed by atoms with E-state index in [9.17, 15) is 4.79 Å². The molecule has 0 unspecified atom stereocenters. The lowest BCUT2D eigenvalue weighted by molar-refractivity contribution is -0.128. The number of carbonyl (C=O) groups excluding carboxylic acids is 1. The molecule has 0 bridgehead atoms. The van der Waals surface area contributed by atoms with Gasteiger partial charge in [-0.3, -0.25) is 4.79 Å². The number of amides is 1. The van der Waals surface area contributed by atoms with E-state index < -0.39 is 0 Å². The van der Waals surface area contributed by atoms with Crippen molar-refractivity contribution < 1.29 is 4.79 Å². The highest BCUT2D eigenvalue weighted by Gasteiger charge is 2.07. The van der Waals surface area contributed by atoms with Gasteiger partial charge in [0.2, 0.25) is 5.91 Å². The Morgan fingerprint density at radius 1 is 1.44 bits per heavy atom. The van der Waals surface area contributed by atoms with Gasteiger partial charge in [-0.05, 0) is 17.7 Å². The van der Waals surface area contributed by atoms with Crippen LogP contribution in [0.1, 0.15) is 5.56 Å². The second-order valence-corrected chi connectivity index (χ2v) is 3.48. The molecule has 0 aliphatic carbocycles. The summed E-state index contributed by atoms with van der Waals surface area (Å²) < 4.78 is 0. The van der Waals surface area contributed by atoms with E-state index in [0.717, 1.165) is 5.56 Å². The zero-order valence-corrected chi connectivity index (χ0v) is 10.2. The zero-order chi connectivity index (χ0) is 11.3. The molecule has 1 aromatic rings. The van der Waals surface area contributed by atoms with Gasteiger partial charge in [0, 0.05) is 19.3 Å². The molecule has 3 nitrogen and oxygen atoms in total. The molecule has 0 aliphatic rings. The summed E-state index contributed by atoms with van der Waals surface area (Å²) in [6, 6.07) is 7.34. The van der Waals surface area contributed by atoms with Crippen molar-refractivity contribution in [3.63, 3.8) is 0 Å². The second kappa shape index (κ2) is 6.90. The van der Waals surface area contributed by atoms with E-state index in [0.29, 0.717) is 18.7 Å². The summed E-state index contributed by atoms with van der Waals surface area (Å²) in [7, 11) is 1.77. The molecule has 1 amide bonds. The van der Waals surface area contributed by atoms with Crippen LogP contribution in [-0.4, -0.2) is 24.4 Å². The summed E-state index contributed by atoms with van der Waals surface area (Å²) in [6.07, 6.45) is 2.12. The van der Waals surface area contributed by atoms with Gasteiger partial charge in [-0.1, -0.05) is 18.2 Å². The number of hydrogen-bond donors (Lipinski definition) is 1. The molecule has 0 saturated carbocycles. The minimum atomic E-state index is 0. The summed E-state index contributed by atoms with van der Waals surface area (Å²) >= 11 is 0. The average molecular weight is 241 g/mol. The monoisotopic (exact) mass is 240 g/mol. The van der Waals surface area contributed by atoms with Gasteiger partial charge in [-0.25, -0.2) is 0 Å². The average Bonchev–Trinajstić information content (AvgIpc) is 2.22. The number of anilines is 1. The van der Waals surface area contributed by atoms with E-state index in [2.05, 4.69) is 6.58 Å². The first kappa shape index (κ1) is 14.5. The fraction of sp³-hybridized carbons (Fsp3) is 0.250. The molecule has 2 N–H and O–H groups in total. The van der Waals surface area contributed by atoms with Crippen LogP contribution in [0.3, 0.4) is 0 Å². The molecular formula is C12H17ClN2O. The molecule has 0 radical (unpaired) electrons. The van der Waals surface area contributed by atoms with Gasteiger partial charge in [0.05, 0.1) is 6.42 Å². The van der Waals surface area contributed by atoms with Crippen LogP contribution >= 0.6 is 12.4 Å². The molecule has 16 heavy (non-hydrogen) atoms. The molecule has 0 fully saturated rings. The Morgan fingerprint density at radius 3 is 2.50 bits per heavy atom. The number of hydrogen-bond acceptors (Lipinski definition) is 2. The van der Waals surface area contributed by atoms with E-state index in [4.69, 9.17) is 5.73 Å². The lowest BCUT2D eigenvalue weighted by Gasteiger charge is -2.14. The standard InChI is InChI=1S/C12H16N2O.ClH/c1-3-8-14(2)12(15)9-10-4-6-11(13)7-5-10;/h3-7H,1,8-9,13H2,2H3;1H. The summed E-state index contributed by atoms with van der Waals surface area (Å²) in [4.78, 5) is 13.3. The number of nitrogen functional groups attached to an aromatic ring is 1. The molecule has 0 aromatic heterocycles. The van der Waals surface area contributed by atoms with E-state index in [1.165, 1.54) is 0 Å². The van der Waals surface area contributed by atoms with Crippen molar-refractivity contribution in [3.05, 3.63) is 42.5 Å². The Bertz CT molecular complexity index is 349. The first-order valence-corrected chi connectivity index (χ1v) is 4.82. The summed E-state index contributed by atoms with van der Waals surface area (Å²) in [5, 5.41) is 0. The van der Waals surface area contributed by atoms with Gasteiger partial charge in [0.1, 0.15) is 0 Å². The normalized spacial score (nSPS) is 9.06.